The zero-order chi connectivity index (χ0) is 13.0. The van der Waals surface area contributed by atoms with Gasteiger partial charge in [0.25, 0.3) is 0 Å². The third kappa shape index (κ3) is 2.26. The summed E-state index contributed by atoms with van der Waals surface area (Å²) in [6.45, 7) is 0.900. The molecule has 1 aliphatic heterocycles. The summed E-state index contributed by atoms with van der Waals surface area (Å²) in [7, 11) is 0. The van der Waals surface area contributed by atoms with E-state index in [1.807, 2.05) is 0 Å². The van der Waals surface area contributed by atoms with Crippen molar-refractivity contribution in [3.05, 3.63) is 15.3 Å². The molecule has 0 N–H and O–H groups in total. The molecule has 1 aliphatic rings. The van der Waals surface area contributed by atoms with Crippen molar-refractivity contribution < 1.29 is 19.5 Å². The molecule has 0 aromatic carbocycles. The predicted octanol–water partition coefficient (Wildman–Crippen LogP) is -1.29. The van der Waals surface area contributed by atoms with Gasteiger partial charge in [-0.25, -0.2) is 0 Å². The third-order valence-electron chi connectivity index (χ3n) is 2.46. The van der Waals surface area contributed by atoms with Crippen LogP contribution in [-0.4, -0.2) is 41.5 Å². The molecule has 0 aromatic rings. The Labute approximate surface area is 94.7 Å². The van der Waals surface area contributed by atoms with E-state index in [0.717, 1.165) is 4.90 Å². The van der Waals surface area contributed by atoms with Gasteiger partial charge in [0.05, 0.1) is 18.1 Å². The first-order valence-corrected chi connectivity index (χ1v) is 4.56. The van der Waals surface area contributed by atoms with E-state index in [1.54, 1.807) is 0 Å². The maximum Gasteiger partial charge on any atom is 0.234 e. The summed E-state index contributed by atoms with van der Waals surface area (Å²) in [6, 6.07) is -3.11. The molecule has 0 aliphatic carbocycles. The van der Waals surface area contributed by atoms with Crippen molar-refractivity contribution in [2.75, 3.05) is 6.61 Å². The van der Waals surface area contributed by atoms with Crippen LogP contribution in [0.5, 0.6) is 0 Å². The van der Waals surface area contributed by atoms with Crippen LogP contribution in [-0.2, 0) is 14.4 Å². The zero-order valence-corrected chi connectivity index (χ0v) is 8.72. The quantitative estimate of drug-likeness (QED) is 0.142. The van der Waals surface area contributed by atoms with E-state index in [1.165, 1.54) is 6.92 Å². The molecular formula is C7H8N5O5-. The van der Waals surface area contributed by atoms with Crippen LogP contribution in [0.3, 0.4) is 0 Å². The van der Waals surface area contributed by atoms with Gasteiger partial charge in [0.1, 0.15) is 12.6 Å². The highest BCUT2D eigenvalue weighted by molar-refractivity contribution is 5.93. The van der Waals surface area contributed by atoms with Gasteiger partial charge in [-0.05, 0) is 12.5 Å². The predicted molar refractivity (Wildman–Crippen MR) is 49.8 cm³/mol. The smallest absolute Gasteiger partial charge is 0.234 e. The number of carbonyl (C=O) groups excluding carboxylic acids is 2. The average molecular weight is 242 g/mol. The van der Waals surface area contributed by atoms with E-state index in [4.69, 9.17) is 5.53 Å². The number of likely N-dealkylation sites (tertiary alicyclic amines) is 1. The molecule has 1 fully saturated rings. The maximum absolute atomic E-state index is 11.5. The summed E-state index contributed by atoms with van der Waals surface area (Å²) < 4.78 is 0. The molecule has 1 amide bonds. The number of hydrogen-bond acceptors (Lipinski definition) is 7. The van der Waals surface area contributed by atoms with E-state index in [-0.39, 0.29) is 6.61 Å². The lowest BCUT2D eigenvalue weighted by atomic mass is 9.94. The number of carboxylic acids is 1. The Bertz CT molecular complexity index is 392. The van der Waals surface area contributed by atoms with Gasteiger partial charge >= 0.3 is 0 Å². The van der Waals surface area contributed by atoms with Crippen molar-refractivity contribution in [3.8, 4) is 0 Å². The number of rotatable bonds is 6. The van der Waals surface area contributed by atoms with Crippen molar-refractivity contribution >= 4 is 11.9 Å². The molecule has 1 unspecified atom stereocenters. The number of β-lactam (4-membered cyclic amide) rings is 1. The fraction of sp³-hybridized carbons (Fsp3) is 0.714. The van der Waals surface area contributed by atoms with E-state index < -0.39 is 30.0 Å². The minimum absolute atomic E-state index is 0.337. The lowest BCUT2D eigenvalue weighted by Crippen LogP contribution is -2.70. The molecule has 0 bridgehead atoms. The van der Waals surface area contributed by atoms with Crippen LogP contribution < -0.4 is 5.11 Å². The van der Waals surface area contributed by atoms with Gasteiger partial charge < -0.3 is 19.6 Å². The van der Waals surface area contributed by atoms with Gasteiger partial charge in [-0.2, -0.15) is 0 Å². The topological polar surface area (TPSA) is 148 Å². The fourth-order valence-electron chi connectivity index (χ4n) is 1.60. The van der Waals surface area contributed by atoms with Gasteiger partial charge in [0.15, 0.2) is 5.34 Å². The van der Waals surface area contributed by atoms with E-state index in [0.29, 0.717) is 0 Å². The molecule has 0 saturated carbocycles. The van der Waals surface area contributed by atoms with Crippen LogP contribution in [0.15, 0.2) is 10.5 Å². The monoisotopic (exact) mass is 242 g/mol. The van der Waals surface area contributed by atoms with Crippen molar-refractivity contribution in [1.82, 2.24) is 4.90 Å². The minimum Gasteiger partial charge on any atom is -0.548 e. The third-order valence-corrected chi connectivity index (χ3v) is 2.46. The Balaban J connectivity index is 2.82. The molecule has 1 saturated heterocycles. The lowest BCUT2D eigenvalue weighted by Gasteiger charge is -2.47. The first-order valence-electron chi connectivity index (χ1n) is 4.56. The largest absolute Gasteiger partial charge is 0.548 e. The van der Waals surface area contributed by atoms with Crippen molar-refractivity contribution in [2.24, 2.45) is 10.5 Å². The zero-order valence-electron chi connectivity index (χ0n) is 8.72. The number of nitrogens with zero attached hydrogens (tertiary/aromatic N) is 5. The number of carboxylic acid groups (broad SMARTS) is 1. The fourth-order valence-corrected chi connectivity index (χ4v) is 1.60. The van der Waals surface area contributed by atoms with E-state index in [9.17, 15) is 19.6 Å². The van der Waals surface area contributed by atoms with Gasteiger partial charge in [0, 0.05) is 4.91 Å². The Morgan fingerprint density at radius 1 is 1.76 bits per heavy atom. The van der Waals surface area contributed by atoms with Crippen molar-refractivity contribution in [1.29, 1.82) is 0 Å². The van der Waals surface area contributed by atoms with Crippen LogP contribution >= 0.6 is 0 Å². The summed E-state index contributed by atoms with van der Waals surface area (Å²) in [5.74, 6) is -2.11. The van der Waals surface area contributed by atoms with Crippen LogP contribution in [0, 0.1) is 4.91 Å². The summed E-state index contributed by atoms with van der Waals surface area (Å²) >= 11 is 0. The van der Waals surface area contributed by atoms with Gasteiger partial charge in [-0.1, -0.05) is 5.11 Å². The number of carbonyl (C=O) groups is 2. The molecular weight excluding hydrogens is 234 g/mol. The molecule has 1 rings (SSSR count). The summed E-state index contributed by atoms with van der Waals surface area (Å²) in [5.41, 5.74) is 8.23. The van der Waals surface area contributed by atoms with E-state index >= 15 is 0 Å². The first kappa shape index (κ1) is 12.7. The number of azide groups is 1. The van der Waals surface area contributed by atoms with Crippen LogP contribution in [0.2, 0.25) is 0 Å². The average Bonchev–Trinajstić information content (AvgIpc) is 2.30. The molecule has 1 heterocycles. The normalized spacial score (nSPS) is 24.3. The van der Waals surface area contributed by atoms with Gasteiger partial charge in [-0.15, -0.1) is 4.91 Å². The minimum atomic E-state index is -1.46. The first-order chi connectivity index (χ1) is 8.04. The van der Waals surface area contributed by atoms with Crippen LogP contribution in [0.1, 0.15) is 6.92 Å². The standard InChI is InChI=1S/C7H9N5O5/c1-3(7(14)15)12-4(2-17-11-16)5(6(12)13)9-10-8/h3-5H,2H2,1H3,(H,14,15)/p-1/t3?,4-,5+/m1/s1. The van der Waals surface area contributed by atoms with Crippen LogP contribution in [0.4, 0.5) is 0 Å². The second-order valence-electron chi connectivity index (χ2n) is 3.33. The Morgan fingerprint density at radius 2 is 2.41 bits per heavy atom. The highest BCUT2D eigenvalue weighted by Gasteiger charge is 2.49. The van der Waals surface area contributed by atoms with Gasteiger partial charge in [0.2, 0.25) is 5.91 Å². The number of hydrogen-bond donors (Lipinski definition) is 0. The summed E-state index contributed by atoms with van der Waals surface area (Å²) in [6.07, 6.45) is 0. The second-order valence-corrected chi connectivity index (χ2v) is 3.33. The molecule has 0 spiro atoms. The lowest BCUT2D eigenvalue weighted by molar-refractivity contribution is -0.312. The number of aliphatic carboxylic acids is 1. The molecule has 0 aromatic heterocycles. The Kier molecular flexibility index (Phi) is 3.83. The molecule has 10 heteroatoms. The summed E-state index contributed by atoms with van der Waals surface area (Å²) in [4.78, 5) is 39.5. The Hall–Kier alpha value is -2.35. The van der Waals surface area contributed by atoms with Crippen LogP contribution in [0.25, 0.3) is 10.4 Å². The highest BCUT2D eigenvalue weighted by Crippen LogP contribution is 2.26. The molecule has 3 atom stereocenters. The number of amides is 1. The SMILES string of the molecule is CC(C(=O)[O-])N1C(=O)[C@@H](N=[N+]=[N-])[C@H]1CON=O. The van der Waals surface area contributed by atoms with E-state index in [2.05, 4.69) is 20.2 Å². The highest BCUT2D eigenvalue weighted by atomic mass is 16.7. The molecule has 17 heavy (non-hydrogen) atoms. The second kappa shape index (κ2) is 5.12. The van der Waals surface area contributed by atoms with Gasteiger partial charge in [-0.3, -0.25) is 4.79 Å². The van der Waals surface area contributed by atoms with Crippen molar-refractivity contribution in [2.45, 2.75) is 25.0 Å². The molecule has 10 nitrogen and oxygen atoms in total. The van der Waals surface area contributed by atoms with Crippen molar-refractivity contribution in [3.63, 3.8) is 0 Å². The Morgan fingerprint density at radius 3 is 2.88 bits per heavy atom. The molecule has 92 valence electrons. The molecule has 0 radical (unpaired) electrons. The summed E-state index contributed by atoms with van der Waals surface area (Å²) in [5, 5.41) is 15.9. The maximum atomic E-state index is 11.5.